The van der Waals surface area contributed by atoms with Crippen LogP contribution < -0.4 is 0 Å². The lowest BCUT2D eigenvalue weighted by Gasteiger charge is -2.03. The Bertz CT molecular complexity index is 1040. The van der Waals surface area contributed by atoms with Crippen molar-refractivity contribution in [1.82, 2.24) is 0 Å². The molecular weight excluding hydrogens is 410 g/mol. The van der Waals surface area contributed by atoms with Gasteiger partial charge < -0.3 is 9.84 Å². The predicted octanol–water partition coefficient (Wildman–Crippen LogP) is 5.35. The fraction of sp³-hybridized carbons (Fsp3) is 0.136. The maximum absolute atomic E-state index is 12.6. The maximum Gasteiger partial charge on any atom is 0.344 e. The average molecular weight is 428 g/mol. The fourth-order valence-electron chi connectivity index (χ4n) is 2.56. The highest BCUT2D eigenvalue weighted by Gasteiger charge is 2.33. The van der Waals surface area contributed by atoms with Gasteiger partial charge in [-0.25, -0.2) is 9.79 Å². The number of aryl methyl sites for hydroxylation is 1. The summed E-state index contributed by atoms with van der Waals surface area (Å²) >= 11 is 6.94. The van der Waals surface area contributed by atoms with Gasteiger partial charge in [0.25, 0.3) is 5.91 Å². The summed E-state index contributed by atoms with van der Waals surface area (Å²) in [6, 6.07) is 13.9. The number of esters is 1. The van der Waals surface area contributed by atoms with Crippen LogP contribution in [0.4, 0.5) is 0 Å². The van der Waals surface area contributed by atoms with E-state index in [1.54, 1.807) is 61.5 Å². The van der Waals surface area contributed by atoms with E-state index in [4.69, 9.17) is 16.3 Å². The van der Waals surface area contributed by atoms with Crippen LogP contribution in [0.3, 0.4) is 0 Å². The summed E-state index contributed by atoms with van der Waals surface area (Å²) in [6.45, 7) is 3.71. The van der Waals surface area contributed by atoms with Gasteiger partial charge in [0, 0.05) is 10.6 Å². The topological polar surface area (TPSA) is 76.0 Å². The number of carbonyl (C=O) groups excluding carboxylic acids is 2. The van der Waals surface area contributed by atoms with Crippen molar-refractivity contribution in [2.45, 2.75) is 13.8 Å². The number of nitrogens with zero attached hydrogens (tertiary/aromatic N) is 1. The van der Waals surface area contributed by atoms with E-state index < -0.39 is 11.9 Å². The van der Waals surface area contributed by atoms with Crippen LogP contribution in [0.2, 0.25) is 5.02 Å². The Hall–Kier alpha value is -2.83. The predicted molar refractivity (Wildman–Crippen MR) is 116 cm³/mol. The lowest BCUT2D eigenvalue weighted by Crippen LogP contribution is -2.14. The first-order chi connectivity index (χ1) is 13.9. The molecule has 0 fully saturated rings. The molecule has 1 amide bonds. The molecule has 0 aliphatic carbocycles. The standard InChI is InChI=1S/C22H18ClNO4S/c1-3-28-22(27)18-19(25)17(12-14-6-10-16(23)11-7-14)29-21(18)24-20(26)15-8-4-13(2)5-9-15/h4-12,25H,3H2,1-2H3/b17-12-,24-21?. The number of aliphatic hydroxyl groups is 1. The van der Waals surface area contributed by atoms with E-state index in [1.807, 2.05) is 6.92 Å². The van der Waals surface area contributed by atoms with E-state index >= 15 is 0 Å². The molecule has 3 rings (SSSR count). The molecule has 0 saturated heterocycles. The molecule has 2 aromatic rings. The summed E-state index contributed by atoms with van der Waals surface area (Å²) in [4.78, 5) is 29.4. The van der Waals surface area contributed by atoms with E-state index in [0.717, 1.165) is 22.9 Å². The fourth-order valence-corrected chi connectivity index (χ4v) is 3.69. The zero-order chi connectivity index (χ0) is 21.0. The lowest BCUT2D eigenvalue weighted by atomic mass is 10.1. The number of aliphatic hydroxyl groups excluding tert-OH is 1. The molecule has 1 aliphatic rings. The Balaban J connectivity index is 1.99. The van der Waals surface area contributed by atoms with Crippen LogP contribution in [0, 0.1) is 6.92 Å². The van der Waals surface area contributed by atoms with Crippen molar-refractivity contribution in [2.24, 2.45) is 4.99 Å². The maximum atomic E-state index is 12.6. The van der Waals surface area contributed by atoms with Crippen LogP contribution >= 0.6 is 23.4 Å². The molecular formula is C22H18ClNO4S. The molecule has 0 unspecified atom stereocenters. The number of hydrogen-bond donors (Lipinski definition) is 1. The van der Waals surface area contributed by atoms with Gasteiger partial charge in [-0.15, -0.1) is 0 Å². The molecule has 0 saturated carbocycles. The minimum Gasteiger partial charge on any atom is -0.506 e. The van der Waals surface area contributed by atoms with Gasteiger partial charge in [0.15, 0.2) is 0 Å². The van der Waals surface area contributed by atoms with Crippen molar-refractivity contribution in [1.29, 1.82) is 0 Å². The highest BCUT2D eigenvalue weighted by molar-refractivity contribution is 8.18. The summed E-state index contributed by atoms with van der Waals surface area (Å²) in [5, 5.41) is 11.3. The zero-order valence-corrected chi connectivity index (χ0v) is 17.4. The Morgan fingerprint density at radius 2 is 1.79 bits per heavy atom. The summed E-state index contributed by atoms with van der Waals surface area (Å²) in [5.41, 5.74) is 2.07. The first-order valence-corrected chi connectivity index (χ1v) is 10.0. The molecule has 5 nitrogen and oxygen atoms in total. The second kappa shape index (κ2) is 9.11. The number of benzene rings is 2. The van der Waals surface area contributed by atoms with E-state index in [1.165, 1.54) is 0 Å². The molecule has 1 aliphatic heterocycles. The van der Waals surface area contributed by atoms with Crippen molar-refractivity contribution >= 4 is 46.4 Å². The highest BCUT2D eigenvalue weighted by Crippen LogP contribution is 2.39. The molecule has 0 bridgehead atoms. The van der Waals surface area contributed by atoms with Crippen LogP contribution in [0.5, 0.6) is 0 Å². The lowest BCUT2D eigenvalue weighted by molar-refractivity contribution is -0.138. The normalized spacial score (nSPS) is 16.5. The molecule has 0 spiro atoms. The van der Waals surface area contributed by atoms with E-state index in [-0.39, 0.29) is 23.0 Å². The van der Waals surface area contributed by atoms with Crippen LogP contribution in [0.25, 0.3) is 6.08 Å². The van der Waals surface area contributed by atoms with Crippen molar-refractivity contribution in [3.63, 3.8) is 0 Å². The third kappa shape index (κ3) is 4.96. The van der Waals surface area contributed by atoms with Gasteiger partial charge >= 0.3 is 5.97 Å². The number of thioether (sulfide) groups is 1. The molecule has 29 heavy (non-hydrogen) atoms. The Morgan fingerprint density at radius 1 is 1.14 bits per heavy atom. The van der Waals surface area contributed by atoms with Crippen LogP contribution in [0.1, 0.15) is 28.4 Å². The molecule has 148 valence electrons. The first kappa shape index (κ1) is 20.9. The van der Waals surface area contributed by atoms with Crippen molar-refractivity contribution in [2.75, 3.05) is 6.61 Å². The zero-order valence-electron chi connectivity index (χ0n) is 15.8. The minimum atomic E-state index is -0.729. The smallest absolute Gasteiger partial charge is 0.344 e. The number of amides is 1. The first-order valence-electron chi connectivity index (χ1n) is 8.85. The van der Waals surface area contributed by atoms with E-state index in [9.17, 15) is 14.7 Å². The number of ether oxygens (including phenoxy) is 1. The Labute approximate surface area is 177 Å². The molecule has 2 aromatic carbocycles. The van der Waals surface area contributed by atoms with E-state index in [0.29, 0.717) is 15.5 Å². The summed E-state index contributed by atoms with van der Waals surface area (Å²) < 4.78 is 5.04. The number of aliphatic imine (C=N–C) groups is 1. The van der Waals surface area contributed by atoms with Gasteiger partial charge in [-0.3, -0.25) is 4.79 Å². The quantitative estimate of drug-likeness (QED) is 0.665. The van der Waals surface area contributed by atoms with Crippen molar-refractivity contribution in [3.05, 3.63) is 86.5 Å². The summed E-state index contributed by atoms with van der Waals surface area (Å²) in [5.74, 6) is -1.50. The molecule has 1 heterocycles. The third-order valence-corrected chi connectivity index (χ3v) is 5.31. The third-order valence-electron chi connectivity index (χ3n) is 4.04. The van der Waals surface area contributed by atoms with Gasteiger partial charge in [0.05, 0.1) is 11.5 Å². The second-order valence-corrected chi connectivity index (χ2v) is 7.66. The number of hydrogen-bond acceptors (Lipinski definition) is 5. The SMILES string of the molecule is CCOC(=O)C1=C(O)/C(=C/c2ccc(Cl)cc2)SC1=NC(=O)c1ccc(C)cc1. The molecule has 1 N–H and O–H groups in total. The summed E-state index contributed by atoms with van der Waals surface area (Å²) in [6.07, 6.45) is 1.69. The monoisotopic (exact) mass is 427 g/mol. The highest BCUT2D eigenvalue weighted by atomic mass is 35.5. The minimum absolute atomic E-state index is 0.103. The van der Waals surface area contributed by atoms with E-state index in [2.05, 4.69) is 4.99 Å². The largest absolute Gasteiger partial charge is 0.506 e. The number of rotatable bonds is 4. The van der Waals surface area contributed by atoms with Crippen LogP contribution in [-0.2, 0) is 9.53 Å². The molecule has 7 heteroatoms. The summed E-state index contributed by atoms with van der Waals surface area (Å²) in [7, 11) is 0. The van der Waals surface area contributed by atoms with Gasteiger partial charge in [0.2, 0.25) is 0 Å². The van der Waals surface area contributed by atoms with Gasteiger partial charge in [-0.05, 0) is 49.8 Å². The molecule has 0 aromatic heterocycles. The van der Waals surface area contributed by atoms with Gasteiger partial charge in [-0.1, -0.05) is 53.2 Å². The Kier molecular flexibility index (Phi) is 6.56. The van der Waals surface area contributed by atoms with Crippen LogP contribution in [-0.4, -0.2) is 28.6 Å². The molecule has 0 radical (unpaired) electrons. The number of carbonyl (C=O) groups is 2. The van der Waals surface area contributed by atoms with Gasteiger partial charge in [0.1, 0.15) is 16.4 Å². The Morgan fingerprint density at radius 3 is 2.41 bits per heavy atom. The van der Waals surface area contributed by atoms with Crippen LogP contribution in [0.15, 0.2) is 69.8 Å². The second-order valence-electron chi connectivity index (χ2n) is 6.19. The van der Waals surface area contributed by atoms with Gasteiger partial charge in [-0.2, -0.15) is 0 Å². The average Bonchev–Trinajstić information content (AvgIpc) is 2.99. The van der Waals surface area contributed by atoms with Crippen molar-refractivity contribution in [3.8, 4) is 0 Å². The number of halogens is 1. The van der Waals surface area contributed by atoms with Crippen molar-refractivity contribution < 1.29 is 19.4 Å². The molecule has 0 atom stereocenters.